The third kappa shape index (κ3) is 4.44. The van der Waals surface area contributed by atoms with Gasteiger partial charge in [-0.25, -0.2) is 4.68 Å². The van der Waals surface area contributed by atoms with Crippen molar-refractivity contribution in [2.24, 2.45) is 5.10 Å². The van der Waals surface area contributed by atoms with Crippen LogP contribution in [0.3, 0.4) is 0 Å². The summed E-state index contributed by atoms with van der Waals surface area (Å²) in [5.41, 5.74) is 3.30. The van der Waals surface area contributed by atoms with Gasteiger partial charge in [0.25, 0.3) is 0 Å². The maximum Gasteiger partial charge on any atom is 0.141 e. The van der Waals surface area contributed by atoms with E-state index in [1.807, 2.05) is 6.07 Å². The molecular formula is C14H17Cl2N5. The van der Waals surface area contributed by atoms with Crippen molar-refractivity contribution in [1.29, 1.82) is 0 Å². The van der Waals surface area contributed by atoms with Crippen molar-refractivity contribution in [3.05, 3.63) is 42.0 Å². The number of hydrogen-bond donors (Lipinski definition) is 0. The highest BCUT2D eigenvalue weighted by molar-refractivity contribution is 6.18. The third-order valence-corrected chi connectivity index (χ3v) is 3.40. The molecule has 0 aliphatic carbocycles. The Balaban J connectivity index is 2.16. The summed E-state index contributed by atoms with van der Waals surface area (Å²) in [4.78, 5) is 2.17. The van der Waals surface area contributed by atoms with Gasteiger partial charge in [-0.15, -0.1) is 33.4 Å². The van der Waals surface area contributed by atoms with Gasteiger partial charge in [-0.1, -0.05) is 6.07 Å². The van der Waals surface area contributed by atoms with Crippen LogP contribution in [0.1, 0.15) is 11.1 Å². The summed E-state index contributed by atoms with van der Waals surface area (Å²) < 4.78 is 1.56. The minimum atomic E-state index is 0.576. The topological polar surface area (TPSA) is 46.3 Å². The average Bonchev–Trinajstić information content (AvgIpc) is 2.99. The molecule has 0 saturated carbocycles. The highest BCUT2D eigenvalue weighted by atomic mass is 35.5. The number of rotatable bonds is 7. The number of anilines is 1. The number of benzene rings is 1. The molecule has 112 valence electrons. The van der Waals surface area contributed by atoms with E-state index in [4.69, 9.17) is 23.2 Å². The predicted molar refractivity (Wildman–Crippen MR) is 87.8 cm³/mol. The highest BCUT2D eigenvalue weighted by Gasteiger charge is 2.06. The molecule has 0 amide bonds. The van der Waals surface area contributed by atoms with E-state index in [9.17, 15) is 0 Å². The van der Waals surface area contributed by atoms with E-state index in [0.29, 0.717) is 11.8 Å². The van der Waals surface area contributed by atoms with Gasteiger partial charge in [0, 0.05) is 30.5 Å². The zero-order chi connectivity index (χ0) is 15.1. The molecule has 0 aliphatic heterocycles. The van der Waals surface area contributed by atoms with Crippen LogP contribution in [0.4, 0.5) is 5.69 Å². The number of aromatic nitrogens is 3. The van der Waals surface area contributed by atoms with Crippen LogP contribution in [0.25, 0.3) is 0 Å². The highest BCUT2D eigenvalue weighted by Crippen LogP contribution is 2.18. The fourth-order valence-electron chi connectivity index (χ4n) is 1.96. The van der Waals surface area contributed by atoms with Gasteiger partial charge in [0.2, 0.25) is 0 Å². The number of halogens is 2. The lowest BCUT2D eigenvalue weighted by molar-refractivity contribution is 0.872. The van der Waals surface area contributed by atoms with Crippen LogP contribution >= 0.6 is 23.2 Å². The van der Waals surface area contributed by atoms with Gasteiger partial charge in [-0.3, -0.25) is 0 Å². The third-order valence-electron chi connectivity index (χ3n) is 3.06. The molecule has 1 aromatic heterocycles. The fourth-order valence-corrected chi connectivity index (χ4v) is 2.37. The molecule has 1 aromatic carbocycles. The minimum absolute atomic E-state index is 0.576. The lowest BCUT2D eigenvalue weighted by atomic mass is 10.1. The Morgan fingerprint density at radius 3 is 2.43 bits per heavy atom. The quantitative estimate of drug-likeness (QED) is 0.581. The zero-order valence-corrected chi connectivity index (χ0v) is 13.3. The first-order valence-corrected chi connectivity index (χ1v) is 7.68. The Kier molecular flexibility index (Phi) is 6.02. The number of aryl methyl sites for hydroxylation is 1. The molecule has 0 atom stereocenters. The smallest absolute Gasteiger partial charge is 0.141 e. The van der Waals surface area contributed by atoms with Crippen LogP contribution in [0.15, 0.2) is 36.0 Å². The Hall–Kier alpha value is -1.59. The van der Waals surface area contributed by atoms with E-state index in [2.05, 4.69) is 39.3 Å². The molecule has 1 heterocycles. The monoisotopic (exact) mass is 325 g/mol. The molecule has 5 nitrogen and oxygen atoms in total. The number of nitrogens with zero attached hydrogens (tertiary/aromatic N) is 5. The standard InChI is InChI=1S/C14H17Cl2N5/c1-12-8-14(20(6-4-15)7-5-16)3-2-13(12)9-19-21-10-17-18-11-21/h2-3,8-11H,4-7H2,1H3. The summed E-state index contributed by atoms with van der Waals surface area (Å²) >= 11 is 11.7. The summed E-state index contributed by atoms with van der Waals surface area (Å²) in [5, 5.41) is 11.7. The van der Waals surface area contributed by atoms with Gasteiger partial charge >= 0.3 is 0 Å². The van der Waals surface area contributed by atoms with Crippen LogP contribution in [0.2, 0.25) is 0 Å². The lowest BCUT2D eigenvalue weighted by Gasteiger charge is -2.23. The first kappa shape index (κ1) is 15.8. The van der Waals surface area contributed by atoms with Crippen LogP contribution < -0.4 is 4.90 Å². The van der Waals surface area contributed by atoms with E-state index in [1.165, 1.54) is 0 Å². The molecule has 7 heteroatoms. The lowest BCUT2D eigenvalue weighted by Crippen LogP contribution is -2.27. The van der Waals surface area contributed by atoms with Gasteiger partial charge in [0.15, 0.2) is 0 Å². The summed E-state index contributed by atoms with van der Waals surface area (Å²) in [7, 11) is 0. The normalized spacial score (nSPS) is 11.2. The van der Waals surface area contributed by atoms with Crippen molar-refractivity contribution in [1.82, 2.24) is 14.9 Å². The van der Waals surface area contributed by atoms with E-state index in [0.717, 1.165) is 29.9 Å². The molecule has 0 saturated heterocycles. The van der Waals surface area contributed by atoms with Crippen molar-refractivity contribution < 1.29 is 0 Å². The van der Waals surface area contributed by atoms with Crippen LogP contribution in [0, 0.1) is 6.92 Å². The Bertz CT molecular complexity index is 577. The van der Waals surface area contributed by atoms with Crippen molar-refractivity contribution in [2.75, 3.05) is 29.7 Å². The summed E-state index contributed by atoms with van der Waals surface area (Å²) in [6.07, 6.45) is 4.88. The second-order valence-electron chi connectivity index (χ2n) is 4.49. The Labute approximate surface area is 134 Å². The maximum absolute atomic E-state index is 5.84. The van der Waals surface area contributed by atoms with E-state index in [-0.39, 0.29) is 0 Å². The van der Waals surface area contributed by atoms with Crippen molar-refractivity contribution in [3.8, 4) is 0 Å². The molecule has 0 spiro atoms. The molecule has 21 heavy (non-hydrogen) atoms. The maximum atomic E-state index is 5.84. The second kappa shape index (κ2) is 8.00. The van der Waals surface area contributed by atoms with Gasteiger partial charge in [0.1, 0.15) is 12.7 Å². The SMILES string of the molecule is Cc1cc(N(CCCl)CCCl)ccc1C=Nn1cnnc1. The summed E-state index contributed by atoms with van der Waals surface area (Å²) in [6.45, 7) is 3.61. The Morgan fingerprint density at radius 1 is 1.19 bits per heavy atom. The van der Waals surface area contributed by atoms with Gasteiger partial charge in [-0.2, -0.15) is 5.10 Å². The van der Waals surface area contributed by atoms with Crippen LogP contribution in [0.5, 0.6) is 0 Å². The minimum Gasteiger partial charge on any atom is -0.369 e. The number of hydrogen-bond acceptors (Lipinski definition) is 4. The van der Waals surface area contributed by atoms with Crippen LogP contribution in [-0.4, -0.2) is 45.9 Å². The summed E-state index contributed by atoms with van der Waals surface area (Å²) in [5.74, 6) is 1.15. The Morgan fingerprint density at radius 2 is 1.86 bits per heavy atom. The van der Waals surface area contributed by atoms with E-state index in [1.54, 1.807) is 23.5 Å². The van der Waals surface area contributed by atoms with E-state index < -0.39 is 0 Å². The zero-order valence-electron chi connectivity index (χ0n) is 11.8. The molecule has 0 radical (unpaired) electrons. The molecule has 2 aromatic rings. The van der Waals surface area contributed by atoms with Crippen molar-refractivity contribution >= 4 is 35.1 Å². The predicted octanol–water partition coefficient (Wildman–Crippen LogP) is 2.75. The molecule has 0 bridgehead atoms. The van der Waals surface area contributed by atoms with E-state index >= 15 is 0 Å². The molecular weight excluding hydrogens is 309 g/mol. The second-order valence-corrected chi connectivity index (χ2v) is 5.25. The first-order valence-electron chi connectivity index (χ1n) is 6.61. The molecule has 2 rings (SSSR count). The van der Waals surface area contributed by atoms with Gasteiger partial charge in [0.05, 0.1) is 6.21 Å². The molecule has 0 unspecified atom stereocenters. The number of alkyl halides is 2. The first-order chi connectivity index (χ1) is 10.2. The fraction of sp³-hybridized carbons (Fsp3) is 0.357. The van der Waals surface area contributed by atoms with Crippen LogP contribution in [-0.2, 0) is 0 Å². The van der Waals surface area contributed by atoms with Crippen molar-refractivity contribution in [2.45, 2.75) is 6.92 Å². The summed E-state index contributed by atoms with van der Waals surface area (Å²) in [6, 6.07) is 6.21. The largest absolute Gasteiger partial charge is 0.369 e. The molecule has 0 aliphatic rings. The molecule has 0 N–H and O–H groups in total. The van der Waals surface area contributed by atoms with Gasteiger partial charge in [-0.05, 0) is 30.2 Å². The van der Waals surface area contributed by atoms with Crippen molar-refractivity contribution in [3.63, 3.8) is 0 Å². The average molecular weight is 326 g/mol. The molecule has 0 fully saturated rings. The van der Waals surface area contributed by atoms with Gasteiger partial charge < -0.3 is 4.90 Å².